The number of aromatic nitrogens is 1. The molecule has 1 amide bonds. The quantitative estimate of drug-likeness (QED) is 0.465. The van der Waals surface area contributed by atoms with Gasteiger partial charge < -0.3 is 19.6 Å². The molecule has 9 heteroatoms. The van der Waals surface area contributed by atoms with E-state index in [9.17, 15) is 19.7 Å². The van der Waals surface area contributed by atoms with Crippen LogP contribution in [0, 0.1) is 10.1 Å². The molecule has 2 heterocycles. The van der Waals surface area contributed by atoms with Gasteiger partial charge in [0.2, 0.25) is 0 Å². The Morgan fingerprint density at radius 3 is 2.87 bits per heavy atom. The molecule has 3 rings (SSSR count). The molecular weight excluding hydrogens is 306 g/mol. The maximum absolute atomic E-state index is 12.0. The zero-order chi connectivity index (χ0) is 16.4. The van der Waals surface area contributed by atoms with Gasteiger partial charge in [0, 0.05) is 6.07 Å². The predicted molar refractivity (Wildman–Crippen MR) is 77.1 cm³/mol. The van der Waals surface area contributed by atoms with Crippen molar-refractivity contribution >= 4 is 23.5 Å². The van der Waals surface area contributed by atoms with E-state index >= 15 is 0 Å². The lowest BCUT2D eigenvalue weighted by Crippen LogP contribution is -2.43. The van der Waals surface area contributed by atoms with Crippen LogP contribution in [0.1, 0.15) is 25.7 Å². The fraction of sp³-hybridized carbons (Fsp3) is 0.500. The molecule has 23 heavy (non-hydrogen) atoms. The summed E-state index contributed by atoms with van der Waals surface area (Å²) in [5.41, 5.74) is 0. The van der Waals surface area contributed by atoms with Gasteiger partial charge in [0.05, 0.1) is 0 Å². The predicted octanol–water partition coefficient (Wildman–Crippen LogP) is 1.20. The lowest BCUT2D eigenvalue weighted by Gasteiger charge is -2.25. The number of hydrogen-bond acceptors (Lipinski definition) is 7. The lowest BCUT2D eigenvalue weighted by atomic mass is 10.3. The van der Waals surface area contributed by atoms with Crippen molar-refractivity contribution < 1.29 is 24.0 Å². The Hall–Kier alpha value is -2.71. The average Bonchev–Trinajstić information content (AvgIpc) is 3.02. The molecular formula is C14H15N3O6. The summed E-state index contributed by atoms with van der Waals surface area (Å²) in [5.74, 6) is -1.26. The zero-order valence-corrected chi connectivity index (χ0v) is 12.3. The molecule has 0 N–H and O–H groups in total. The van der Waals surface area contributed by atoms with E-state index in [0.717, 1.165) is 30.6 Å². The molecule has 1 saturated carbocycles. The van der Waals surface area contributed by atoms with Crippen molar-refractivity contribution in [2.75, 3.05) is 18.1 Å². The van der Waals surface area contributed by atoms with Crippen LogP contribution in [0.5, 0.6) is 5.75 Å². The summed E-state index contributed by atoms with van der Waals surface area (Å²) in [6.07, 6.45) is 3.57. The summed E-state index contributed by atoms with van der Waals surface area (Å²) in [4.78, 5) is 39.1. The van der Waals surface area contributed by atoms with Gasteiger partial charge in [0.15, 0.2) is 12.4 Å². The fourth-order valence-electron chi connectivity index (χ4n) is 2.69. The minimum Gasteiger partial charge on any atom is -0.477 e. The van der Waals surface area contributed by atoms with E-state index < -0.39 is 22.6 Å². The van der Waals surface area contributed by atoms with E-state index in [1.165, 1.54) is 12.1 Å². The van der Waals surface area contributed by atoms with Crippen LogP contribution in [0.2, 0.25) is 0 Å². The monoisotopic (exact) mass is 321 g/mol. The number of nitro groups is 1. The first-order valence-corrected chi connectivity index (χ1v) is 7.32. The van der Waals surface area contributed by atoms with Crippen LogP contribution in [-0.2, 0) is 14.3 Å². The van der Waals surface area contributed by atoms with Crippen molar-refractivity contribution in [1.29, 1.82) is 0 Å². The van der Waals surface area contributed by atoms with Crippen molar-refractivity contribution in [1.82, 2.24) is 4.98 Å². The molecule has 0 unspecified atom stereocenters. The summed E-state index contributed by atoms with van der Waals surface area (Å²) in [6, 6.07) is 2.55. The van der Waals surface area contributed by atoms with Crippen LogP contribution in [0.4, 0.5) is 11.6 Å². The van der Waals surface area contributed by atoms with Gasteiger partial charge in [-0.25, -0.2) is 0 Å². The molecule has 1 fully saturated rings. The number of pyridine rings is 1. The summed E-state index contributed by atoms with van der Waals surface area (Å²) >= 11 is 0. The molecule has 0 aromatic carbocycles. The van der Waals surface area contributed by atoms with Gasteiger partial charge in [-0.1, -0.05) is 0 Å². The average molecular weight is 321 g/mol. The second-order valence-corrected chi connectivity index (χ2v) is 5.41. The SMILES string of the molecule is O=C(CN1C(=O)COc2ccc([N+](=O)[O-])nc21)OC1CCCC1. The number of fused-ring (bicyclic) bond motifs is 1. The third kappa shape index (κ3) is 3.22. The van der Waals surface area contributed by atoms with Gasteiger partial charge >= 0.3 is 11.8 Å². The van der Waals surface area contributed by atoms with Gasteiger partial charge in [-0.2, -0.15) is 0 Å². The number of amides is 1. The minimum absolute atomic E-state index is 0.0289. The molecule has 0 radical (unpaired) electrons. The number of rotatable bonds is 4. The minimum atomic E-state index is -0.672. The van der Waals surface area contributed by atoms with Gasteiger partial charge in [-0.05, 0) is 41.7 Å². The molecule has 2 aliphatic rings. The smallest absolute Gasteiger partial charge is 0.366 e. The van der Waals surface area contributed by atoms with Gasteiger partial charge in [-0.3, -0.25) is 14.5 Å². The first-order chi connectivity index (χ1) is 11.0. The highest BCUT2D eigenvalue weighted by Crippen LogP contribution is 2.32. The summed E-state index contributed by atoms with van der Waals surface area (Å²) in [5, 5.41) is 10.8. The third-order valence-electron chi connectivity index (χ3n) is 3.81. The van der Waals surface area contributed by atoms with E-state index in [2.05, 4.69) is 4.98 Å². The van der Waals surface area contributed by atoms with Crippen LogP contribution >= 0.6 is 0 Å². The van der Waals surface area contributed by atoms with E-state index in [1.807, 2.05) is 0 Å². The highest BCUT2D eigenvalue weighted by Gasteiger charge is 2.34. The van der Waals surface area contributed by atoms with E-state index in [0.29, 0.717) is 0 Å². The van der Waals surface area contributed by atoms with Crippen LogP contribution < -0.4 is 9.64 Å². The molecule has 0 spiro atoms. The van der Waals surface area contributed by atoms with Gasteiger partial charge in [0.25, 0.3) is 11.7 Å². The second kappa shape index (κ2) is 6.19. The Bertz CT molecular complexity index is 656. The van der Waals surface area contributed by atoms with Crippen molar-refractivity contribution in [2.45, 2.75) is 31.8 Å². The van der Waals surface area contributed by atoms with E-state index in [4.69, 9.17) is 9.47 Å². The summed E-state index contributed by atoms with van der Waals surface area (Å²) in [6.45, 7) is -0.580. The fourth-order valence-corrected chi connectivity index (χ4v) is 2.69. The highest BCUT2D eigenvalue weighted by molar-refractivity contribution is 6.00. The molecule has 122 valence electrons. The van der Waals surface area contributed by atoms with E-state index in [-0.39, 0.29) is 30.8 Å². The number of carbonyl (C=O) groups excluding carboxylic acids is 2. The first kappa shape index (κ1) is 15.2. The van der Waals surface area contributed by atoms with Crippen LogP contribution in [0.25, 0.3) is 0 Å². The van der Waals surface area contributed by atoms with Crippen molar-refractivity contribution in [3.8, 4) is 5.75 Å². The molecule has 9 nitrogen and oxygen atoms in total. The second-order valence-electron chi connectivity index (χ2n) is 5.41. The molecule has 1 aromatic rings. The van der Waals surface area contributed by atoms with Crippen molar-refractivity contribution in [3.63, 3.8) is 0 Å². The standard InChI is InChI=1S/C14H15N3O6/c18-12-8-22-10-5-6-11(17(20)21)15-14(10)16(12)7-13(19)23-9-3-1-2-4-9/h5-6,9H,1-4,7-8H2. The van der Waals surface area contributed by atoms with E-state index in [1.54, 1.807) is 0 Å². The third-order valence-corrected chi connectivity index (χ3v) is 3.81. The number of anilines is 1. The topological polar surface area (TPSA) is 112 Å². The van der Waals surface area contributed by atoms with Crippen LogP contribution in [0.15, 0.2) is 12.1 Å². The lowest BCUT2D eigenvalue weighted by molar-refractivity contribution is -0.389. The maximum Gasteiger partial charge on any atom is 0.366 e. The molecule has 0 atom stereocenters. The Labute approximate surface area is 131 Å². The zero-order valence-electron chi connectivity index (χ0n) is 12.3. The number of ether oxygens (including phenoxy) is 2. The summed E-state index contributed by atoms with van der Waals surface area (Å²) < 4.78 is 10.5. The van der Waals surface area contributed by atoms with Crippen molar-refractivity contribution in [3.05, 3.63) is 22.2 Å². The van der Waals surface area contributed by atoms with Crippen LogP contribution in [-0.4, -0.2) is 41.0 Å². The highest BCUT2D eigenvalue weighted by atomic mass is 16.6. The Balaban J connectivity index is 1.78. The largest absolute Gasteiger partial charge is 0.477 e. The Kier molecular flexibility index (Phi) is 4.09. The van der Waals surface area contributed by atoms with Gasteiger partial charge in [0.1, 0.15) is 12.6 Å². The Morgan fingerprint density at radius 1 is 1.43 bits per heavy atom. The number of carbonyl (C=O) groups is 2. The van der Waals surface area contributed by atoms with Crippen LogP contribution in [0.3, 0.4) is 0 Å². The Morgan fingerprint density at radius 2 is 2.17 bits per heavy atom. The van der Waals surface area contributed by atoms with Crippen molar-refractivity contribution in [2.24, 2.45) is 0 Å². The molecule has 0 bridgehead atoms. The molecule has 1 aromatic heterocycles. The number of hydrogen-bond donors (Lipinski definition) is 0. The summed E-state index contributed by atoms with van der Waals surface area (Å²) in [7, 11) is 0. The molecule has 1 aliphatic heterocycles. The molecule has 0 saturated heterocycles. The molecule has 1 aliphatic carbocycles. The number of esters is 1. The van der Waals surface area contributed by atoms with Gasteiger partial charge in [-0.15, -0.1) is 0 Å². The maximum atomic E-state index is 12.0. The normalized spacial score (nSPS) is 17.6. The first-order valence-electron chi connectivity index (χ1n) is 7.32. The number of nitrogens with zero attached hydrogens (tertiary/aromatic N) is 3.